The van der Waals surface area contributed by atoms with Crippen LogP contribution >= 0.6 is 0 Å². The van der Waals surface area contributed by atoms with Crippen molar-refractivity contribution >= 4 is 21.5 Å². The lowest BCUT2D eigenvalue weighted by molar-refractivity contribution is -0.665. The second-order valence-corrected chi connectivity index (χ2v) is 7.12. The standard InChI is InChI=1S/C24H24N/c1-15-10-16(2)18(4)22(11-15)24-23-14-20-9-7-6-8-19(20)13-21(23)12-17(3)25(24)5/h6-14H,1-5H3/q+1/i12D. The predicted octanol–water partition coefficient (Wildman–Crippen LogP) is 5.72. The van der Waals surface area contributed by atoms with Gasteiger partial charge in [-0.2, -0.15) is 4.57 Å². The van der Waals surface area contributed by atoms with Gasteiger partial charge in [0.05, 0.1) is 12.3 Å². The number of pyridine rings is 1. The molecule has 1 aromatic heterocycles. The van der Waals surface area contributed by atoms with Gasteiger partial charge in [0.1, 0.15) is 7.05 Å². The van der Waals surface area contributed by atoms with Crippen LogP contribution in [0.5, 0.6) is 0 Å². The van der Waals surface area contributed by atoms with Gasteiger partial charge in [0.15, 0.2) is 5.69 Å². The van der Waals surface area contributed by atoms with E-state index < -0.39 is 0 Å². The third-order valence-electron chi connectivity index (χ3n) is 5.36. The molecule has 0 bridgehead atoms. The van der Waals surface area contributed by atoms with Crippen molar-refractivity contribution in [3.05, 3.63) is 77.0 Å². The number of rotatable bonds is 1. The van der Waals surface area contributed by atoms with E-state index in [-0.39, 0.29) is 0 Å². The van der Waals surface area contributed by atoms with E-state index in [1.54, 1.807) is 0 Å². The summed E-state index contributed by atoms with van der Waals surface area (Å²) in [6.45, 7) is 8.56. The van der Waals surface area contributed by atoms with Gasteiger partial charge in [-0.3, -0.25) is 0 Å². The number of nitrogens with zero attached hydrogens (tertiary/aromatic N) is 1. The summed E-state index contributed by atoms with van der Waals surface area (Å²) in [6, 6.07) is 17.9. The molecule has 0 radical (unpaired) electrons. The highest BCUT2D eigenvalue weighted by atomic mass is 14.9. The molecule has 25 heavy (non-hydrogen) atoms. The van der Waals surface area contributed by atoms with Crippen LogP contribution in [0.4, 0.5) is 0 Å². The fourth-order valence-electron chi connectivity index (χ4n) is 3.78. The molecule has 0 atom stereocenters. The molecule has 0 amide bonds. The Balaban J connectivity index is 2.24. The first-order valence-electron chi connectivity index (χ1n) is 9.28. The van der Waals surface area contributed by atoms with Crippen LogP contribution < -0.4 is 4.57 Å². The monoisotopic (exact) mass is 327 g/mol. The molecule has 0 saturated carbocycles. The molecule has 124 valence electrons. The molecule has 0 fully saturated rings. The van der Waals surface area contributed by atoms with Gasteiger partial charge in [0, 0.05) is 13.0 Å². The number of fused-ring (bicyclic) bond motifs is 2. The zero-order valence-corrected chi connectivity index (χ0v) is 15.6. The van der Waals surface area contributed by atoms with E-state index in [0.29, 0.717) is 6.04 Å². The lowest BCUT2D eigenvalue weighted by Gasteiger charge is -2.13. The van der Waals surface area contributed by atoms with Gasteiger partial charge in [0.25, 0.3) is 0 Å². The molecule has 4 rings (SSSR count). The molecule has 1 nitrogen and oxygen atoms in total. The van der Waals surface area contributed by atoms with E-state index in [4.69, 9.17) is 1.37 Å². The molecule has 0 spiro atoms. The Morgan fingerprint density at radius 3 is 2.24 bits per heavy atom. The maximum absolute atomic E-state index is 8.68. The van der Waals surface area contributed by atoms with Gasteiger partial charge >= 0.3 is 0 Å². The van der Waals surface area contributed by atoms with Gasteiger partial charge in [-0.25, -0.2) is 0 Å². The van der Waals surface area contributed by atoms with Crippen LogP contribution in [0.2, 0.25) is 0 Å². The molecule has 3 aromatic carbocycles. The Morgan fingerprint density at radius 2 is 1.52 bits per heavy atom. The smallest absolute Gasteiger partial charge is 0.198 e. The van der Waals surface area contributed by atoms with Crippen molar-refractivity contribution < 1.29 is 5.94 Å². The van der Waals surface area contributed by atoms with Crippen LogP contribution in [0.3, 0.4) is 0 Å². The summed E-state index contributed by atoms with van der Waals surface area (Å²) >= 11 is 0. The highest BCUT2D eigenvalue weighted by molar-refractivity contribution is 6.03. The minimum atomic E-state index is 0.610. The molecule has 1 heterocycles. The Morgan fingerprint density at radius 1 is 0.840 bits per heavy atom. The fourth-order valence-corrected chi connectivity index (χ4v) is 3.78. The molecule has 0 unspecified atom stereocenters. The Labute approximate surface area is 151 Å². The molecular weight excluding hydrogens is 302 g/mol. The summed E-state index contributed by atoms with van der Waals surface area (Å²) in [5, 5.41) is 4.57. The number of hydrogen-bond acceptors (Lipinski definition) is 0. The van der Waals surface area contributed by atoms with Crippen LogP contribution in [0.15, 0.2) is 54.6 Å². The highest BCUT2D eigenvalue weighted by Gasteiger charge is 2.21. The molecular formula is C24H24N+. The molecule has 0 aliphatic carbocycles. The van der Waals surface area contributed by atoms with E-state index >= 15 is 0 Å². The van der Waals surface area contributed by atoms with Gasteiger partial charge in [0.2, 0.25) is 5.69 Å². The number of hydrogen-bond donors (Lipinski definition) is 0. The Kier molecular flexibility index (Phi) is 3.34. The van der Waals surface area contributed by atoms with Crippen LogP contribution in [0.1, 0.15) is 23.8 Å². The van der Waals surface area contributed by atoms with Crippen molar-refractivity contribution in [3.63, 3.8) is 0 Å². The molecule has 0 N–H and O–H groups in total. The average molecular weight is 327 g/mol. The maximum Gasteiger partial charge on any atom is 0.220 e. The van der Waals surface area contributed by atoms with E-state index in [2.05, 4.69) is 80.9 Å². The zero-order valence-electron chi connectivity index (χ0n) is 16.6. The van der Waals surface area contributed by atoms with Crippen LogP contribution in [-0.4, -0.2) is 0 Å². The van der Waals surface area contributed by atoms with Crippen molar-refractivity contribution in [1.29, 1.82) is 0 Å². The molecule has 1 heteroatoms. The van der Waals surface area contributed by atoms with Crippen LogP contribution in [0, 0.1) is 27.7 Å². The lowest BCUT2D eigenvalue weighted by Crippen LogP contribution is -2.35. The van der Waals surface area contributed by atoms with E-state index in [1.807, 2.05) is 6.92 Å². The van der Waals surface area contributed by atoms with Crippen molar-refractivity contribution in [2.24, 2.45) is 7.05 Å². The summed E-state index contributed by atoms with van der Waals surface area (Å²) in [7, 11) is 2.08. The third kappa shape index (κ3) is 2.51. The first kappa shape index (κ1) is 14.7. The number of aromatic nitrogens is 1. The van der Waals surface area contributed by atoms with Crippen molar-refractivity contribution in [1.82, 2.24) is 0 Å². The summed E-state index contributed by atoms with van der Waals surface area (Å²) < 4.78 is 10.9. The number of benzene rings is 3. The highest BCUT2D eigenvalue weighted by Crippen LogP contribution is 2.33. The molecule has 0 aliphatic rings. The quantitative estimate of drug-likeness (QED) is 0.311. The summed E-state index contributed by atoms with van der Waals surface area (Å²) in [6.07, 6.45) is 0. The second kappa shape index (κ2) is 5.70. The first-order valence-corrected chi connectivity index (χ1v) is 8.78. The maximum atomic E-state index is 8.68. The number of aryl methyl sites for hydroxylation is 2. The van der Waals surface area contributed by atoms with E-state index in [0.717, 1.165) is 16.5 Å². The summed E-state index contributed by atoms with van der Waals surface area (Å²) in [4.78, 5) is 0. The third-order valence-corrected chi connectivity index (χ3v) is 5.36. The Bertz CT molecular complexity index is 1190. The van der Waals surface area contributed by atoms with Gasteiger partial charge < -0.3 is 0 Å². The molecule has 0 aliphatic heterocycles. The minimum absolute atomic E-state index is 0.610. The normalized spacial score (nSPS) is 12.0. The molecule has 0 saturated heterocycles. The van der Waals surface area contributed by atoms with E-state index in [9.17, 15) is 0 Å². The fraction of sp³-hybridized carbons (Fsp3) is 0.208. The second-order valence-electron chi connectivity index (χ2n) is 7.12. The summed E-state index contributed by atoms with van der Waals surface area (Å²) in [5.41, 5.74) is 7.32. The summed E-state index contributed by atoms with van der Waals surface area (Å²) in [5.74, 6) is 0. The predicted molar refractivity (Wildman–Crippen MR) is 107 cm³/mol. The van der Waals surface area contributed by atoms with Gasteiger partial charge in [-0.05, 0) is 66.3 Å². The van der Waals surface area contributed by atoms with E-state index in [1.165, 1.54) is 38.7 Å². The van der Waals surface area contributed by atoms with Crippen LogP contribution in [0.25, 0.3) is 32.8 Å². The topological polar surface area (TPSA) is 3.88 Å². The Hall–Kier alpha value is -2.67. The van der Waals surface area contributed by atoms with Crippen molar-refractivity contribution in [3.8, 4) is 11.3 Å². The SMILES string of the molecule is [2H]c1c(C)[n+](C)c(-c2cc(C)cc(C)c2C)c2cc3ccccc3cc12. The minimum Gasteiger partial charge on any atom is -0.198 e. The largest absolute Gasteiger partial charge is 0.220 e. The first-order chi connectivity index (χ1) is 12.4. The van der Waals surface area contributed by atoms with Crippen molar-refractivity contribution in [2.45, 2.75) is 27.7 Å². The lowest BCUT2D eigenvalue weighted by atomic mass is 9.93. The van der Waals surface area contributed by atoms with Gasteiger partial charge in [-0.1, -0.05) is 35.9 Å². The van der Waals surface area contributed by atoms with Crippen LogP contribution in [-0.2, 0) is 7.05 Å². The molecule has 4 aromatic rings. The average Bonchev–Trinajstić information content (AvgIpc) is 2.62. The van der Waals surface area contributed by atoms with Gasteiger partial charge in [-0.15, -0.1) is 0 Å². The zero-order chi connectivity index (χ0) is 18.6. The van der Waals surface area contributed by atoms with Crippen molar-refractivity contribution in [2.75, 3.05) is 0 Å².